The van der Waals surface area contributed by atoms with Gasteiger partial charge in [-0.25, -0.2) is 0 Å². The van der Waals surface area contributed by atoms with E-state index in [9.17, 15) is 9.59 Å². The van der Waals surface area contributed by atoms with Crippen LogP contribution in [-0.2, 0) is 6.42 Å². The molecule has 2 aromatic rings. The fourth-order valence-corrected chi connectivity index (χ4v) is 3.22. The monoisotopic (exact) mass is 351 g/mol. The largest absolute Gasteiger partial charge is 0.339 e. The van der Waals surface area contributed by atoms with Gasteiger partial charge in [-0.2, -0.15) is 0 Å². The van der Waals surface area contributed by atoms with Crippen molar-refractivity contribution in [1.29, 1.82) is 0 Å². The predicted molar refractivity (Wildman–Crippen MR) is 102 cm³/mol. The third-order valence-corrected chi connectivity index (χ3v) is 4.96. The summed E-state index contributed by atoms with van der Waals surface area (Å²) in [6, 6.07) is 11.0. The van der Waals surface area contributed by atoms with Crippen LogP contribution in [0.3, 0.4) is 0 Å². The minimum Gasteiger partial charge on any atom is -0.339 e. The molecule has 3 rings (SSSR count). The SMILES string of the molecule is CCc1ccccc1NC(=O)c1cc(C(=O)N2CCC(C)CC2)ccn1. The molecule has 0 radical (unpaired) electrons. The van der Waals surface area contributed by atoms with Crippen molar-refractivity contribution in [1.82, 2.24) is 9.88 Å². The van der Waals surface area contributed by atoms with E-state index in [4.69, 9.17) is 0 Å². The van der Waals surface area contributed by atoms with E-state index in [1.54, 1.807) is 12.1 Å². The highest BCUT2D eigenvalue weighted by Gasteiger charge is 2.22. The second-order valence-electron chi connectivity index (χ2n) is 6.87. The van der Waals surface area contributed by atoms with Crippen LogP contribution in [0.15, 0.2) is 42.6 Å². The van der Waals surface area contributed by atoms with Gasteiger partial charge in [-0.3, -0.25) is 14.6 Å². The lowest BCUT2D eigenvalue weighted by molar-refractivity contribution is 0.0697. The summed E-state index contributed by atoms with van der Waals surface area (Å²) in [6.07, 6.45) is 4.41. The number of aromatic nitrogens is 1. The fraction of sp³-hybridized carbons (Fsp3) is 0.381. The molecule has 1 aliphatic rings. The highest BCUT2D eigenvalue weighted by atomic mass is 16.2. The summed E-state index contributed by atoms with van der Waals surface area (Å²) in [5, 5.41) is 2.90. The summed E-state index contributed by atoms with van der Waals surface area (Å²) in [7, 11) is 0. The Balaban J connectivity index is 1.74. The molecule has 136 valence electrons. The third-order valence-electron chi connectivity index (χ3n) is 4.96. The summed E-state index contributed by atoms with van der Waals surface area (Å²) < 4.78 is 0. The molecule has 1 aromatic heterocycles. The van der Waals surface area contributed by atoms with E-state index in [-0.39, 0.29) is 17.5 Å². The Morgan fingerprint density at radius 1 is 1.19 bits per heavy atom. The van der Waals surface area contributed by atoms with Gasteiger partial charge in [-0.05, 0) is 48.9 Å². The summed E-state index contributed by atoms with van der Waals surface area (Å²) in [5.74, 6) is 0.339. The molecule has 1 aromatic carbocycles. The highest BCUT2D eigenvalue weighted by Crippen LogP contribution is 2.19. The average molecular weight is 351 g/mol. The number of rotatable bonds is 4. The van der Waals surface area contributed by atoms with Crippen LogP contribution < -0.4 is 5.32 Å². The molecular weight excluding hydrogens is 326 g/mol. The second kappa shape index (κ2) is 8.13. The molecule has 0 bridgehead atoms. The van der Waals surface area contributed by atoms with Crippen molar-refractivity contribution < 1.29 is 9.59 Å². The summed E-state index contributed by atoms with van der Waals surface area (Å²) in [6.45, 7) is 5.80. The van der Waals surface area contributed by atoms with Crippen LogP contribution in [0.5, 0.6) is 0 Å². The first-order valence-corrected chi connectivity index (χ1v) is 9.23. The number of aryl methyl sites for hydroxylation is 1. The van der Waals surface area contributed by atoms with Gasteiger partial charge in [-0.1, -0.05) is 32.0 Å². The first-order valence-electron chi connectivity index (χ1n) is 9.23. The van der Waals surface area contributed by atoms with Crippen LogP contribution in [0.25, 0.3) is 0 Å². The number of para-hydroxylation sites is 1. The van der Waals surface area contributed by atoms with Gasteiger partial charge in [0, 0.05) is 30.5 Å². The molecule has 0 atom stereocenters. The van der Waals surface area contributed by atoms with Crippen LogP contribution in [0.1, 0.15) is 53.1 Å². The summed E-state index contributed by atoms with van der Waals surface area (Å²) in [4.78, 5) is 31.3. The first-order chi connectivity index (χ1) is 12.6. The molecule has 0 unspecified atom stereocenters. The Hall–Kier alpha value is -2.69. The topological polar surface area (TPSA) is 62.3 Å². The smallest absolute Gasteiger partial charge is 0.274 e. The lowest BCUT2D eigenvalue weighted by Crippen LogP contribution is -2.38. The normalized spacial score (nSPS) is 14.9. The van der Waals surface area contributed by atoms with Gasteiger partial charge < -0.3 is 10.2 Å². The van der Waals surface area contributed by atoms with Crippen LogP contribution in [0, 0.1) is 5.92 Å². The molecule has 1 fully saturated rings. The van der Waals surface area contributed by atoms with E-state index in [0.29, 0.717) is 11.5 Å². The Morgan fingerprint density at radius 3 is 2.65 bits per heavy atom. The van der Waals surface area contributed by atoms with E-state index in [0.717, 1.165) is 43.6 Å². The molecule has 1 aliphatic heterocycles. The molecule has 1 N–H and O–H groups in total. The number of hydrogen-bond donors (Lipinski definition) is 1. The molecule has 1 saturated heterocycles. The van der Waals surface area contributed by atoms with E-state index < -0.39 is 0 Å². The number of amides is 2. The maximum atomic E-state index is 12.7. The predicted octanol–water partition coefficient (Wildman–Crippen LogP) is 3.77. The van der Waals surface area contributed by atoms with Gasteiger partial charge in [0.25, 0.3) is 11.8 Å². The van der Waals surface area contributed by atoms with Crippen LogP contribution in [0.2, 0.25) is 0 Å². The maximum Gasteiger partial charge on any atom is 0.274 e. The second-order valence-corrected chi connectivity index (χ2v) is 6.87. The van der Waals surface area contributed by atoms with Crippen molar-refractivity contribution in [2.24, 2.45) is 5.92 Å². The number of anilines is 1. The number of nitrogens with one attached hydrogen (secondary N) is 1. The van der Waals surface area contributed by atoms with E-state index in [2.05, 4.69) is 17.2 Å². The molecule has 26 heavy (non-hydrogen) atoms. The number of hydrogen-bond acceptors (Lipinski definition) is 3. The van der Waals surface area contributed by atoms with Crippen molar-refractivity contribution in [3.05, 3.63) is 59.4 Å². The lowest BCUT2D eigenvalue weighted by atomic mass is 9.98. The molecule has 2 amide bonds. The van der Waals surface area contributed by atoms with Gasteiger partial charge >= 0.3 is 0 Å². The Bertz CT molecular complexity index is 795. The number of piperidine rings is 1. The standard InChI is InChI=1S/C21H25N3O2/c1-3-16-6-4-5-7-18(16)23-20(25)19-14-17(8-11-22-19)21(26)24-12-9-15(2)10-13-24/h4-8,11,14-15H,3,9-10,12-13H2,1-2H3,(H,23,25). The zero-order chi connectivity index (χ0) is 18.5. The van der Waals surface area contributed by atoms with Crippen molar-refractivity contribution in [3.8, 4) is 0 Å². The van der Waals surface area contributed by atoms with Gasteiger partial charge in [0.2, 0.25) is 0 Å². The van der Waals surface area contributed by atoms with E-state index in [1.807, 2.05) is 36.1 Å². The third kappa shape index (κ3) is 4.10. The number of likely N-dealkylation sites (tertiary alicyclic amines) is 1. The number of carbonyl (C=O) groups is 2. The molecule has 0 saturated carbocycles. The van der Waals surface area contributed by atoms with Crippen molar-refractivity contribution in [2.75, 3.05) is 18.4 Å². The van der Waals surface area contributed by atoms with Gasteiger partial charge in [0.15, 0.2) is 0 Å². The summed E-state index contributed by atoms with van der Waals surface area (Å²) >= 11 is 0. The van der Waals surface area contributed by atoms with Gasteiger partial charge in [0.1, 0.15) is 5.69 Å². The summed E-state index contributed by atoms with van der Waals surface area (Å²) in [5.41, 5.74) is 2.62. The average Bonchev–Trinajstić information content (AvgIpc) is 2.68. The zero-order valence-corrected chi connectivity index (χ0v) is 15.4. The Kier molecular flexibility index (Phi) is 5.66. The maximum absolute atomic E-state index is 12.7. The molecule has 5 nitrogen and oxygen atoms in total. The Morgan fingerprint density at radius 2 is 1.92 bits per heavy atom. The molecule has 0 spiro atoms. The minimum atomic E-state index is -0.298. The molecule has 5 heteroatoms. The number of nitrogens with zero attached hydrogens (tertiary/aromatic N) is 2. The van der Waals surface area contributed by atoms with Crippen LogP contribution in [0.4, 0.5) is 5.69 Å². The number of benzene rings is 1. The van der Waals surface area contributed by atoms with Gasteiger partial charge in [-0.15, -0.1) is 0 Å². The highest BCUT2D eigenvalue weighted by molar-refractivity contribution is 6.05. The Labute approximate surface area is 154 Å². The number of carbonyl (C=O) groups excluding carboxylic acids is 2. The number of pyridine rings is 1. The lowest BCUT2D eigenvalue weighted by Gasteiger charge is -2.30. The molecular formula is C21H25N3O2. The van der Waals surface area contributed by atoms with E-state index in [1.165, 1.54) is 6.20 Å². The molecule has 2 heterocycles. The van der Waals surface area contributed by atoms with Crippen molar-refractivity contribution in [2.45, 2.75) is 33.1 Å². The van der Waals surface area contributed by atoms with Crippen LogP contribution >= 0.6 is 0 Å². The minimum absolute atomic E-state index is 0.0256. The van der Waals surface area contributed by atoms with Crippen molar-refractivity contribution in [3.63, 3.8) is 0 Å². The quantitative estimate of drug-likeness (QED) is 0.912. The van der Waals surface area contributed by atoms with E-state index >= 15 is 0 Å². The first kappa shape index (κ1) is 18.1. The van der Waals surface area contributed by atoms with Gasteiger partial charge in [0.05, 0.1) is 0 Å². The zero-order valence-electron chi connectivity index (χ0n) is 15.4. The van der Waals surface area contributed by atoms with Crippen LogP contribution in [-0.4, -0.2) is 34.8 Å². The fourth-order valence-electron chi connectivity index (χ4n) is 3.22. The molecule has 0 aliphatic carbocycles. The van der Waals surface area contributed by atoms with Crippen molar-refractivity contribution >= 4 is 17.5 Å².